The van der Waals surface area contributed by atoms with E-state index in [-0.39, 0.29) is 0 Å². The average molecular weight is 241 g/mol. The van der Waals surface area contributed by atoms with E-state index < -0.39 is 17.9 Å². The van der Waals surface area contributed by atoms with Gasteiger partial charge in [0.05, 0.1) is 12.0 Å². The molecule has 2 aromatic rings. The van der Waals surface area contributed by atoms with Gasteiger partial charge >= 0.3 is 0 Å². The van der Waals surface area contributed by atoms with Crippen LogP contribution in [0, 0.1) is 0 Å². The minimum Gasteiger partial charge on any atom is -0.387 e. The summed E-state index contributed by atoms with van der Waals surface area (Å²) in [5, 5.41) is 10.3. The van der Waals surface area contributed by atoms with Crippen molar-refractivity contribution < 1.29 is 9.90 Å². The maximum atomic E-state index is 11.6. The molecule has 2 atom stereocenters. The van der Waals surface area contributed by atoms with Gasteiger partial charge in [0.25, 0.3) is 0 Å². The minimum absolute atomic E-state index is 0.530. The number of hydrogen-bond donors (Lipinski definition) is 2. The van der Waals surface area contributed by atoms with Crippen LogP contribution in [0.5, 0.6) is 0 Å². The highest BCUT2D eigenvalue weighted by Gasteiger charge is 2.27. The van der Waals surface area contributed by atoms with Crippen molar-refractivity contribution in [3.8, 4) is 0 Å². The SMILES string of the molecule is NC(=O)C(c1ccccc1)C(O)c1ccccc1. The molecule has 0 bridgehead atoms. The van der Waals surface area contributed by atoms with E-state index in [2.05, 4.69) is 0 Å². The first-order chi connectivity index (χ1) is 8.70. The Labute approximate surface area is 106 Å². The Kier molecular flexibility index (Phi) is 3.75. The zero-order valence-electron chi connectivity index (χ0n) is 9.86. The van der Waals surface area contributed by atoms with Gasteiger partial charge < -0.3 is 10.8 Å². The van der Waals surface area contributed by atoms with Gasteiger partial charge in [0.15, 0.2) is 0 Å². The third-order valence-electron chi connectivity index (χ3n) is 2.92. The van der Waals surface area contributed by atoms with Gasteiger partial charge in [0.2, 0.25) is 5.91 Å². The molecule has 18 heavy (non-hydrogen) atoms. The summed E-state index contributed by atoms with van der Waals surface area (Å²) < 4.78 is 0. The highest BCUT2D eigenvalue weighted by molar-refractivity contribution is 5.82. The number of amides is 1. The quantitative estimate of drug-likeness (QED) is 0.859. The van der Waals surface area contributed by atoms with Crippen LogP contribution in [0.2, 0.25) is 0 Å². The summed E-state index contributed by atoms with van der Waals surface area (Å²) in [6.45, 7) is 0. The molecule has 0 radical (unpaired) electrons. The van der Waals surface area contributed by atoms with Gasteiger partial charge in [0.1, 0.15) is 0 Å². The van der Waals surface area contributed by atoms with E-state index in [0.29, 0.717) is 5.56 Å². The zero-order chi connectivity index (χ0) is 13.0. The maximum Gasteiger partial charge on any atom is 0.227 e. The van der Waals surface area contributed by atoms with E-state index in [4.69, 9.17) is 5.73 Å². The lowest BCUT2D eigenvalue weighted by molar-refractivity contribution is -0.122. The van der Waals surface area contributed by atoms with Gasteiger partial charge in [-0.2, -0.15) is 0 Å². The van der Waals surface area contributed by atoms with Crippen LogP contribution in [0.25, 0.3) is 0 Å². The fourth-order valence-corrected chi connectivity index (χ4v) is 2.01. The fourth-order valence-electron chi connectivity index (χ4n) is 2.01. The molecule has 0 aromatic heterocycles. The normalized spacial score (nSPS) is 13.8. The van der Waals surface area contributed by atoms with Crippen LogP contribution >= 0.6 is 0 Å². The molecule has 92 valence electrons. The molecule has 0 saturated carbocycles. The smallest absolute Gasteiger partial charge is 0.227 e. The topological polar surface area (TPSA) is 63.3 Å². The molecule has 1 amide bonds. The summed E-state index contributed by atoms with van der Waals surface area (Å²) in [6.07, 6.45) is -0.925. The lowest BCUT2D eigenvalue weighted by atomic mass is 9.89. The molecule has 0 aliphatic rings. The fraction of sp³-hybridized carbons (Fsp3) is 0.133. The van der Waals surface area contributed by atoms with Crippen molar-refractivity contribution in [1.29, 1.82) is 0 Å². The Balaban J connectivity index is 2.35. The number of carbonyl (C=O) groups is 1. The molecule has 3 nitrogen and oxygen atoms in total. The van der Waals surface area contributed by atoms with Crippen molar-refractivity contribution in [3.63, 3.8) is 0 Å². The molecule has 3 N–H and O–H groups in total. The predicted molar refractivity (Wildman–Crippen MR) is 69.8 cm³/mol. The Morgan fingerprint density at radius 3 is 1.78 bits per heavy atom. The van der Waals surface area contributed by atoms with Crippen molar-refractivity contribution in [2.24, 2.45) is 5.73 Å². The predicted octanol–water partition coefficient (Wildman–Crippen LogP) is 1.99. The molecule has 3 heteroatoms. The number of rotatable bonds is 4. The second-order valence-electron chi connectivity index (χ2n) is 4.15. The number of primary amides is 1. The van der Waals surface area contributed by atoms with Crippen molar-refractivity contribution >= 4 is 5.91 Å². The summed E-state index contributed by atoms with van der Waals surface area (Å²) >= 11 is 0. The van der Waals surface area contributed by atoms with E-state index >= 15 is 0 Å². The Morgan fingerprint density at radius 1 is 0.889 bits per heavy atom. The number of carbonyl (C=O) groups excluding carboxylic acids is 1. The van der Waals surface area contributed by atoms with E-state index in [1.165, 1.54) is 0 Å². The zero-order valence-corrected chi connectivity index (χ0v) is 9.86. The summed E-state index contributed by atoms with van der Waals surface area (Å²) in [5.74, 6) is -1.26. The summed E-state index contributed by atoms with van der Waals surface area (Å²) in [4.78, 5) is 11.6. The standard InChI is InChI=1S/C15H15NO2/c16-15(18)13(11-7-3-1-4-8-11)14(17)12-9-5-2-6-10-12/h1-10,13-14,17H,(H2,16,18). The summed E-state index contributed by atoms with van der Waals surface area (Å²) in [6, 6.07) is 18.2. The van der Waals surface area contributed by atoms with Gasteiger partial charge in [-0.3, -0.25) is 4.79 Å². The highest BCUT2D eigenvalue weighted by Crippen LogP contribution is 2.30. The second kappa shape index (κ2) is 5.47. The highest BCUT2D eigenvalue weighted by atomic mass is 16.3. The molecule has 0 spiro atoms. The minimum atomic E-state index is -0.925. The van der Waals surface area contributed by atoms with E-state index in [1.807, 2.05) is 36.4 Å². The lowest BCUT2D eigenvalue weighted by Crippen LogP contribution is -2.26. The number of aliphatic hydroxyl groups is 1. The Hall–Kier alpha value is -2.13. The molecule has 0 saturated heterocycles. The number of aliphatic hydroxyl groups excluding tert-OH is 1. The Morgan fingerprint density at radius 2 is 1.33 bits per heavy atom. The van der Waals surface area contributed by atoms with Crippen LogP contribution < -0.4 is 5.73 Å². The van der Waals surface area contributed by atoms with Gasteiger partial charge in [-0.05, 0) is 11.1 Å². The van der Waals surface area contributed by atoms with Crippen LogP contribution in [0.4, 0.5) is 0 Å². The van der Waals surface area contributed by atoms with E-state index in [0.717, 1.165) is 5.56 Å². The van der Waals surface area contributed by atoms with Gasteiger partial charge in [0, 0.05) is 0 Å². The molecule has 0 fully saturated rings. The number of hydrogen-bond acceptors (Lipinski definition) is 2. The molecule has 0 heterocycles. The first-order valence-electron chi connectivity index (χ1n) is 5.77. The molecule has 2 unspecified atom stereocenters. The number of nitrogens with two attached hydrogens (primary N) is 1. The van der Waals surface area contributed by atoms with Crippen molar-refractivity contribution in [2.75, 3.05) is 0 Å². The molecular formula is C15H15NO2. The first-order valence-corrected chi connectivity index (χ1v) is 5.77. The summed E-state index contributed by atoms with van der Waals surface area (Å²) in [5.41, 5.74) is 6.82. The average Bonchev–Trinajstić information content (AvgIpc) is 2.40. The van der Waals surface area contributed by atoms with Crippen LogP contribution in [0.1, 0.15) is 23.1 Å². The second-order valence-corrected chi connectivity index (χ2v) is 4.15. The van der Waals surface area contributed by atoms with E-state index in [1.54, 1.807) is 24.3 Å². The van der Waals surface area contributed by atoms with Crippen molar-refractivity contribution in [3.05, 3.63) is 71.8 Å². The van der Waals surface area contributed by atoms with Gasteiger partial charge in [-0.25, -0.2) is 0 Å². The largest absolute Gasteiger partial charge is 0.387 e. The van der Waals surface area contributed by atoms with Crippen LogP contribution in [0.15, 0.2) is 60.7 Å². The van der Waals surface area contributed by atoms with Crippen LogP contribution in [-0.2, 0) is 4.79 Å². The summed E-state index contributed by atoms with van der Waals surface area (Å²) in [7, 11) is 0. The van der Waals surface area contributed by atoms with Gasteiger partial charge in [-0.15, -0.1) is 0 Å². The van der Waals surface area contributed by atoms with Gasteiger partial charge in [-0.1, -0.05) is 60.7 Å². The lowest BCUT2D eigenvalue weighted by Gasteiger charge is -2.20. The Bertz CT molecular complexity index is 511. The van der Waals surface area contributed by atoms with Crippen LogP contribution in [0.3, 0.4) is 0 Å². The van der Waals surface area contributed by atoms with Crippen LogP contribution in [-0.4, -0.2) is 11.0 Å². The maximum absolute atomic E-state index is 11.6. The third kappa shape index (κ3) is 2.57. The molecule has 0 aliphatic carbocycles. The molecule has 2 aromatic carbocycles. The van der Waals surface area contributed by atoms with E-state index in [9.17, 15) is 9.90 Å². The third-order valence-corrected chi connectivity index (χ3v) is 2.92. The van der Waals surface area contributed by atoms with Crippen molar-refractivity contribution in [2.45, 2.75) is 12.0 Å². The monoisotopic (exact) mass is 241 g/mol. The van der Waals surface area contributed by atoms with Crippen molar-refractivity contribution in [1.82, 2.24) is 0 Å². The number of benzene rings is 2. The first kappa shape index (κ1) is 12.3. The molecular weight excluding hydrogens is 226 g/mol. The molecule has 2 rings (SSSR count). The molecule has 0 aliphatic heterocycles.